The van der Waals surface area contributed by atoms with Gasteiger partial charge >= 0.3 is 11.9 Å². The van der Waals surface area contributed by atoms with Crippen LogP contribution in [0.1, 0.15) is 105 Å². The summed E-state index contributed by atoms with van der Waals surface area (Å²) in [6, 6.07) is 11.0. The highest BCUT2D eigenvalue weighted by atomic mass is 16.6. The van der Waals surface area contributed by atoms with E-state index in [0.29, 0.717) is 11.8 Å². The van der Waals surface area contributed by atoms with Crippen molar-refractivity contribution in [1.82, 2.24) is 0 Å². The Morgan fingerprint density at radius 1 is 0.891 bits per heavy atom. The normalized spacial score (nSPS) is 18.1. The summed E-state index contributed by atoms with van der Waals surface area (Å²) in [4.78, 5) is 52.3. The summed E-state index contributed by atoms with van der Waals surface area (Å²) in [6.45, 7) is 9.81. The van der Waals surface area contributed by atoms with Gasteiger partial charge in [0.15, 0.2) is 11.9 Å². The lowest BCUT2D eigenvalue weighted by Crippen LogP contribution is -2.38. The van der Waals surface area contributed by atoms with E-state index in [9.17, 15) is 34.5 Å². The minimum atomic E-state index is -2.00. The number of phenolic OH excluding ortho intramolecular Hbond substituents is 1. The Morgan fingerprint density at radius 2 is 1.48 bits per heavy atom. The predicted molar refractivity (Wildman–Crippen MR) is 174 cm³/mol. The van der Waals surface area contributed by atoms with Crippen LogP contribution in [0, 0.1) is 11.8 Å². The van der Waals surface area contributed by atoms with E-state index >= 15 is 0 Å². The molecule has 10 nitrogen and oxygen atoms in total. The Morgan fingerprint density at radius 3 is 1.98 bits per heavy atom. The van der Waals surface area contributed by atoms with Crippen LogP contribution in [0.5, 0.6) is 5.75 Å². The number of unbranched alkanes of at least 4 members (excludes halogenated alkanes) is 2. The Bertz CT molecular complexity index is 1320. The van der Waals surface area contributed by atoms with Gasteiger partial charge in [0.05, 0.1) is 11.1 Å². The van der Waals surface area contributed by atoms with Gasteiger partial charge in [-0.15, -0.1) is 0 Å². The van der Waals surface area contributed by atoms with E-state index in [1.54, 1.807) is 18.2 Å². The SMILES string of the molecule is CCCCC(CC)CN(CC(CC)CCCC)c1ccc(C(=O)c2ccccc2C(=O)OCC(O)C2OC(=O)C(O)C2=O)c(O)c1. The molecule has 0 radical (unpaired) electrons. The van der Waals surface area contributed by atoms with Gasteiger partial charge in [0.1, 0.15) is 18.5 Å². The lowest BCUT2D eigenvalue weighted by molar-refractivity contribution is -0.151. The highest BCUT2D eigenvalue weighted by Crippen LogP contribution is 2.31. The molecule has 1 saturated heterocycles. The molecule has 1 heterocycles. The van der Waals surface area contributed by atoms with Crippen LogP contribution in [0.2, 0.25) is 0 Å². The summed E-state index contributed by atoms with van der Waals surface area (Å²) < 4.78 is 9.81. The van der Waals surface area contributed by atoms with Crippen molar-refractivity contribution in [2.45, 2.75) is 97.4 Å². The average molecular weight is 640 g/mol. The Balaban J connectivity index is 1.81. The number of aliphatic hydroxyl groups is 2. The number of hydrogen-bond donors (Lipinski definition) is 3. The topological polar surface area (TPSA) is 151 Å². The maximum absolute atomic E-state index is 13.7. The fraction of sp³-hybridized carbons (Fsp3) is 0.556. The van der Waals surface area contributed by atoms with Crippen molar-refractivity contribution in [2.24, 2.45) is 11.8 Å². The summed E-state index contributed by atoms with van der Waals surface area (Å²) in [5.41, 5.74) is 0.741. The molecule has 5 unspecified atom stereocenters. The van der Waals surface area contributed by atoms with Crippen LogP contribution in [0.15, 0.2) is 42.5 Å². The molecular weight excluding hydrogens is 590 g/mol. The minimum Gasteiger partial charge on any atom is -0.507 e. The van der Waals surface area contributed by atoms with Gasteiger partial charge < -0.3 is 29.7 Å². The van der Waals surface area contributed by atoms with Gasteiger partial charge in [-0.2, -0.15) is 0 Å². The Hall–Kier alpha value is -3.76. The molecule has 2 aromatic rings. The second kappa shape index (κ2) is 17.8. The van der Waals surface area contributed by atoms with Crippen molar-refractivity contribution in [3.63, 3.8) is 0 Å². The number of Topliss-reactive ketones (excluding diaryl/α,β-unsaturated/α-hetero) is 1. The highest BCUT2D eigenvalue weighted by Gasteiger charge is 2.46. The number of anilines is 1. The zero-order valence-electron chi connectivity index (χ0n) is 27.4. The van der Waals surface area contributed by atoms with Crippen LogP contribution in [-0.4, -0.2) is 76.8 Å². The predicted octanol–water partition coefficient (Wildman–Crippen LogP) is 5.24. The van der Waals surface area contributed by atoms with Gasteiger partial charge in [-0.1, -0.05) is 84.4 Å². The summed E-state index contributed by atoms with van der Waals surface area (Å²) in [6.07, 6.45) is 3.60. The number of nitrogens with zero attached hydrogens (tertiary/aromatic N) is 1. The van der Waals surface area contributed by atoms with Crippen LogP contribution in [0.4, 0.5) is 5.69 Å². The first-order chi connectivity index (χ1) is 22.1. The van der Waals surface area contributed by atoms with E-state index in [1.165, 1.54) is 18.2 Å². The van der Waals surface area contributed by atoms with Crippen molar-refractivity contribution in [2.75, 3.05) is 24.6 Å². The zero-order valence-corrected chi connectivity index (χ0v) is 27.4. The Kier molecular flexibility index (Phi) is 14.2. The number of benzene rings is 2. The second-order valence-electron chi connectivity index (χ2n) is 12.1. The van der Waals surface area contributed by atoms with E-state index in [0.717, 1.165) is 70.1 Å². The lowest BCUT2D eigenvalue weighted by Gasteiger charge is -2.33. The molecule has 46 heavy (non-hydrogen) atoms. The molecule has 3 rings (SSSR count). The first-order valence-electron chi connectivity index (χ1n) is 16.5. The number of aliphatic hydroxyl groups excluding tert-OH is 2. The molecule has 1 aliphatic heterocycles. The summed E-state index contributed by atoms with van der Waals surface area (Å²) in [5, 5.41) is 30.9. The molecule has 0 bridgehead atoms. The summed E-state index contributed by atoms with van der Waals surface area (Å²) >= 11 is 0. The number of hydrogen-bond acceptors (Lipinski definition) is 10. The quantitative estimate of drug-likeness (QED) is 0.106. The number of cyclic esters (lactones) is 1. The monoisotopic (exact) mass is 639 g/mol. The first kappa shape index (κ1) is 36.7. The van der Waals surface area contributed by atoms with Crippen molar-refractivity contribution in [3.8, 4) is 5.75 Å². The smallest absolute Gasteiger partial charge is 0.343 e. The van der Waals surface area contributed by atoms with Gasteiger partial charge in [0.2, 0.25) is 11.9 Å². The van der Waals surface area contributed by atoms with E-state index < -0.39 is 48.4 Å². The maximum Gasteiger partial charge on any atom is 0.343 e. The van der Waals surface area contributed by atoms with Crippen molar-refractivity contribution >= 4 is 29.2 Å². The molecule has 1 fully saturated rings. The molecule has 0 amide bonds. The van der Waals surface area contributed by atoms with Gasteiger partial charge in [-0.05, 0) is 42.9 Å². The molecule has 10 heteroatoms. The number of aromatic hydroxyl groups is 1. The van der Waals surface area contributed by atoms with Crippen LogP contribution in [0.25, 0.3) is 0 Å². The highest BCUT2D eigenvalue weighted by molar-refractivity contribution is 6.15. The lowest BCUT2D eigenvalue weighted by atomic mass is 9.94. The Labute approximate surface area is 271 Å². The van der Waals surface area contributed by atoms with Crippen LogP contribution in [0.3, 0.4) is 0 Å². The molecule has 3 N–H and O–H groups in total. The molecule has 0 spiro atoms. The molecule has 0 saturated carbocycles. The standard InChI is InChI=1S/C36H49NO9/c1-5-9-13-23(7-3)20-37(21-24(8-4)14-10-6-2)25-17-18-28(29(38)19-25)31(40)26-15-11-12-16-27(26)35(43)45-22-30(39)34-32(41)33(42)36(44)46-34/h11-12,15-19,23-24,30,33-34,38-39,42H,5-10,13-14,20-22H2,1-4H3. The second-order valence-corrected chi connectivity index (χ2v) is 12.1. The van der Waals surface area contributed by atoms with E-state index in [-0.39, 0.29) is 22.4 Å². The van der Waals surface area contributed by atoms with E-state index in [4.69, 9.17) is 4.74 Å². The number of carbonyl (C=O) groups excluding carboxylic acids is 4. The third-order valence-corrected chi connectivity index (χ3v) is 8.78. The third kappa shape index (κ3) is 9.39. The van der Waals surface area contributed by atoms with Gasteiger partial charge in [0.25, 0.3) is 0 Å². The van der Waals surface area contributed by atoms with Gasteiger partial charge in [-0.3, -0.25) is 9.59 Å². The molecule has 1 aliphatic rings. The summed E-state index contributed by atoms with van der Waals surface area (Å²) in [5.74, 6) is -2.95. The molecule has 252 valence electrons. The van der Waals surface area contributed by atoms with E-state index in [2.05, 4.69) is 37.3 Å². The minimum absolute atomic E-state index is 0.0167. The fourth-order valence-electron chi connectivity index (χ4n) is 5.77. The largest absolute Gasteiger partial charge is 0.507 e. The molecule has 0 aromatic heterocycles. The van der Waals surface area contributed by atoms with Crippen molar-refractivity contribution < 1.29 is 44.0 Å². The number of phenols is 1. The molecule has 2 aromatic carbocycles. The third-order valence-electron chi connectivity index (χ3n) is 8.78. The van der Waals surface area contributed by atoms with Gasteiger partial charge in [0, 0.05) is 30.4 Å². The zero-order chi connectivity index (χ0) is 33.8. The molecule has 0 aliphatic carbocycles. The molecule has 5 atom stereocenters. The maximum atomic E-state index is 13.7. The number of rotatable bonds is 19. The van der Waals surface area contributed by atoms with Gasteiger partial charge in [-0.25, -0.2) is 9.59 Å². The molecular formula is C36H49NO9. The number of ketones is 2. The number of carbonyl (C=O) groups is 4. The fourth-order valence-corrected chi connectivity index (χ4v) is 5.77. The van der Waals surface area contributed by atoms with Crippen molar-refractivity contribution in [1.29, 1.82) is 0 Å². The van der Waals surface area contributed by atoms with Crippen molar-refractivity contribution in [3.05, 3.63) is 59.2 Å². The number of ether oxygens (including phenoxy) is 2. The van der Waals surface area contributed by atoms with Crippen LogP contribution >= 0.6 is 0 Å². The first-order valence-corrected chi connectivity index (χ1v) is 16.5. The van der Waals surface area contributed by atoms with Crippen LogP contribution < -0.4 is 4.90 Å². The summed E-state index contributed by atoms with van der Waals surface area (Å²) in [7, 11) is 0. The van der Waals surface area contributed by atoms with Crippen LogP contribution in [-0.2, 0) is 19.1 Å². The van der Waals surface area contributed by atoms with E-state index in [1.807, 2.05) is 6.07 Å². The number of esters is 2. The average Bonchev–Trinajstić information content (AvgIpc) is 3.33.